The van der Waals surface area contributed by atoms with Gasteiger partial charge in [0.2, 0.25) is 5.69 Å². The molecular formula is C26H29N2O6+. The van der Waals surface area contributed by atoms with Crippen molar-refractivity contribution in [3.63, 3.8) is 0 Å². The Morgan fingerprint density at radius 2 is 1.79 bits per heavy atom. The van der Waals surface area contributed by atoms with Gasteiger partial charge in [0.05, 0.1) is 45.5 Å². The lowest BCUT2D eigenvalue weighted by Crippen LogP contribution is -2.43. The molecule has 0 N–H and O–H groups in total. The van der Waals surface area contributed by atoms with Gasteiger partial charge < -0.3 is 28.6 Å². The lowest BCUT2D eigenvalue weighted by molar-refractivity contribution is -0.686. The van der Waals surface area contributed by atoms with Gasteiger partial charge in [-0.15, -0.1) is 0 Å². The van der Waals surface area contributed by atoms with Crippen LogP contribution in [0.3, 0.4) is 0 Å². The largest absolute Gasteiger partial charge is 0.493 e. The molecule has 1 saturated heterocycles. The Bertz CT molecular complexity index is 1240. The summed E-state index contributed by atoms with van der Waals surface area (Å²) >= 11 is 0. The lowest BCUT2D eigenvalue weighted by atomic mass is 9.95. The second kappa shape index (κ2) is 9.38. The van der Waals surface area contributed by atoms with Crippen molar-refractivity contribution < 1.29 is 33.0 Å². The number of aromatic nitrogens is 1. The molecule has 0 aliphatic carbocycles. The van der Waals surface area contributed by atoms with Crippen molar-refractivity contribution in [2.45, 2.75) is 13.0 Å². The highest BCUT2D eigenvalue weighted by molar-refractivity contribution is 5.91. The van der Waals surface area contributed by atoms with Gasteiger partial charge >= 0.3 is 0 Å². The number of methoxy groups -OCH3 is 3. The van der Waals surface area contributed by atoms with Gasteiger partial charge in [-0.3, -0.25) is 4.79 Å². The Kier molecular flexibility index (Phi) is 6.15. The molecule has 34 heavy (non-hydrogen) atoms. The standard InChI is InChI=1S/C26H29N2O6/c1-30-22-5-4-17-12-21-19-14-23(31-2)24(34-16-25(29)27-8-10-33-11-9-27)13-18(19)6-7-28(21)15-20(17)26(22)32-3/h4-5,12-15H,6-11,16H2,1-3H3/q+1. The minimum absolute atomic E-state index is 0.0211. The van der Waals surface area contributed by atoms with Crippen LogP contribution >= 0.6 is 0 Å². The summed E-state index contributed by atoms with van der Waals surface area (Å²) in [5.41, 5.74) is 3.34. The summed E-state index contributed by atoms with van der Waals surface area (Å²) in [4.78, 5) is 14.3. The maximum atomic E-state index is 12.5. The van der Waals surface area contributed by atoms with Gasteiger partial charge in [-0.1, -0.05) is 0 Å². The number of nitrogens with zero attached hydrogens (tertiary/aromatic N) is 2. The Morgan fingerprint density at radius 3 is 2.53 bits per heavy atom. The first-order valence-corrected chi connectivity index (χ1v) is 11.4. The van der Waals surface area contributed by atoms with E-state index in [1.54, 1.807) is 26.2 Å². The number of aryl methyl sites for hydroxylation is 2. The summed E-state index contributed by atoms with van der Waals surface area (Å²) in [6.07, 6.45) is 2.95. The van der Waals surface area contributed by atoms with E-state index in [1.165, 1.54) is 0 Å². The van der Waals surface area contributed by atoms with Gasteiger partial charge in [0, 0.05) is 25.6 Å². The molecule has 5 rings (SSSR count). The van der Waals surface area contributed by atoms with Crippen LogP contribution < -0.4 is 23.5 Å². The van der Waals surface area contributed by atoms with Crippen LogP contribution in [-0.4, -0.2) is 65.0 Å². The summed E-state index contributed by atoms with van der Waals surface area (Å²) in [6, 6.07) is 10.1. The highest BCUT2D eigenvalue weighted by atomic mass is 16.5. The van der Waals surface area contributed by atoms with E-state index in [9.17, 15) is 4.79 Å². The molecule has 2 aromatic carbocycles. The quantitative estimate of drug-likeness (QED) is 0.522. The number of ether oxygens (including phenoxy) is 5. The van der Waals surface area contributed by atoms with Crippen LogP contribution in [-0.2, 0) is 22.5 Å². The van der Waals surface area contributed by atoms with Crippen molar-refractivity contribution in [2.24, 2.45) is 0 Å². The number of hydrogen-bond donors (Lipinski definition) is 0. The minimum Gasteiger partial charge on any atom is -0.493 e. The Morgan fingerprint density at radius 1 is 1.00 bits per heavy atom. The normalized spacial score (nSPS) is 14.9. The van der Waals surface area contributed by atoms with Crippen molar-refractivity contribution in [3.8, 4) is 34.3 Å². The number of carbonyl (C=O) groups excluding carboxylic acids is 1. The first-order valence-electron chi connectivity index (χ1n) is 11.4. The third-order valence-electron chi connectivity index (χ3n) is 6.51. The minimum atomic E-state index is -0.0418. The predicted molar refractivity (Wildman–Crippen MR) is 126 cm³/mol. The van der Waals surface area contributed by atoms with Crippen molar-refractivity contribution in [1.82, 2.24) is 4.90 Å². The maximum Gasteiger partial charge on any atom is 0.260 e. The average Bonchev–Trinajstić information content (AvgIpc) is 2.89. The first-order chi connectivity index (χ1) is 16.6. The summed E-state index contributed by atoms with van der Waals surface area (Å²) in [5, 5.41) is 2.06. The summed E-state index contributed by atoms with van der Waals surface area (Å²) < 4.78 is 30.2. The molecule has 8 nitrogen and oxygen atoms in total. The number of rotatable bonds is 6. The molecule has 1 fully saturated rings. The highest BCUT2D eigenvalue weighted by Gasteiger charge is 2.28. The Hall–Kier alpha value is -3.52. The third-order valence-corrected chi connectivity index (χ3v) is 6.51. The average molecular weight is 466 g/mol. The number of morpholine rings is 1. The van der Waals surface area contributed by atoms with E-state index in [1.807, 2.05) is 24.3 Å². The summed E-state index contributed by atoms with van der Waals surface area (Å²) in [7, 11) is 4.92. The van der Waals surface area contributed by atoms with Gasteiger partial charge in [-0.2, -0.15) is 4.57 Å². The zero-order valence-electron chi connectivity index (χ0n) is 19.8. The van der Waals surface area contributed by atoms with E-state index < -0.39 is 0 Å². The molecule has 2 aliphatic rings. The highest BCUT2D eigenvalue weighted by Crippen LogP contribution is 2.40. The van der Waals surface area contributed by atoms with Gasteiger partial charge in [0.15, 0.2) is 42.3 Å². The zero-order chi connectivity index (χ0) is 23.7. The number of fused-ring (bicyclic) bond motifs is 4. The second-order valence-corrected chi connectivity index (χ2v) is 8.35. The second-order valence-electron chi connectivity index (χ2n) is 8.35. The van der Waals surface area contributed by atoms with Gasteiger partial charge in [0.25, 0.3) is 5.91 Å². The van der Waals surface area contributed by atoms with Crippen LogP contribution in [0.5, 0.6) is 23.0 Å². The zero-order valence-corrected chi connectivity index (χ0v) is 19.8. The molecule has 0 saturated carbocycles. The van der Waals surface area contributed by atoms with Gasteiger partial charge in [0.1, 0.15) is 0 Å². The molecule has 178 valence electrons. The van der Waals surface area contributed by atoms with Gasteiger partial charge in [-0.05, 0) is 35.2 Å². The first kappa shape index (κ1) is 22.3. The molecule has 1 aromatic heterocycles. The topological polar surface area (TPSA) is 70.3 Å². The molecule has 3 heterocycles. The van der Waals surface area contributed by atoms with E-state index in [4.69, 9.17) is 23.7 Å². The summed E-state index contributed by atoms with van der Waals surface area (Å²) in [5.74, 6) is 2.59. The number of pyridine rings is 1. The fourth-order valence-electron chi connectivity index (χ4n) is 4.70. The van der Waals surface area contributed by atoms with E-state index >= 15 is 0 Å². The lowest BCUT2D eigenvalue weighted by Gasteiger charge is -2.27. The van der Waals surface area contributed by atoms with Crippen molar-refractivity contribution in [3.05, 3.63) is 42.1 Å². The molecule has 8 heteroatoms. The SMILES string of the molecule is COc1cc2c(cc1OCC(=O)N1CCOCC1)CC[n+]1cc3c(OC)c(OC)ccc3cc1-2. The van der Waals surface area contributed by atoms with E-state index in [-0.39, 0.29) is 12.5 Å². The number of amides is 1. The van der Waals surface area contributed by atoms with Crippen LogP contribution in [0, 0.1) is 0 Å². The van der Waals surface area contributed by atoms with Crippen LogP contribution in [0.15, 0.2) is 36.5 Å². The Balaban J connectivity index is 1.47. The molecular weight excluding hydrogens is 436 g/mol. The van der Waals surface area contributed by atoms with Crippen LogP contribution in [0.25, 0.3) is 22.0 Å². The Labute approximate surface area is 198 Å². The van der Waals surface area contributed by atoms with E-state index in [0.717, 1.165) is 46.3 Å². The molecule has 3 aromatic rings. The van der Waals surface area contributed by atoms with E-state index in [0.29, 0.717) is 43.6 Å². The van der Waals surface area contributed by atoms with Crippen LogP contribution in [0.2, 0.25) is 0 Å². The monoisotopic (exact) mass is 465 g/mol. The smallest absolute Gasteiger partial charge is 0.260 e. The van der Waals surface area contributed by atoms with Crippen LogP contribution in [0.4, 0.5) is 0 Å². The number of hydrogen-bond acceptors (Lipinski definition) is 6. The molecule has 0 spiro atoms. The number of carbonyl (C=O) groups is 1. The third kappa shape index (κ3) is 3.98. The predicted octanol–water partition coefficient (Wildman–Crippen LogP) is 2.61. The van der Waals surface area contributed by atoms with Crippen molar-refractivity contribution in [1.29, 1.82) is 0 Å². The molecule has 0 bridgehead atoms. The van der Waals surface area contributed by atoms with Gasteiger partial charge in [-0.25, -0.2) is 0 Å². The molecule has 0 atom stereocenters. The van der Waals surface area contributed by atoms with E-state index in [2.05, 4.69) is 16.8 Å². The fourth-order valence-corrected chi connectivity index (χ4v) is 4.70. The number of benzene rings is 2. The van der Waals surface area contributed by atoms with Crippen molar-refractivity contribution >= 4 is 16.7 Å². The molecule has 0 unspecified atom stereocenters. The molecule has 2 aliphatic heterocycles. The molecule has 1 amide bonds. The summed E-state index contributed by atoms with van der Waals surface area (Å²) in [6.45, 7) is 3.13. The fraction of sp³-hybridized carbons (Fsp3) is 0.385. The molecule has 0 radical (unpaired) electrons. The maximum absolute atomic E-state index is 12.5. The van der Waals surface area contributed by atoms with Crippen molar-refractivity contribution in [2.75, 3.05) is 54.2 Å². The van der Waals surface area contributed by atoms with Crippen LogP contribution in [0.1, 0.15) is 5.56 Å².